The van der Waals surface area contributed by atoms with E-state index in [-0.39, 0.29) is 16.6 Å². The van der Waals surface area contributed by atoms with E-state index in [0.717, 1.165) is 5.56 Å². The lowest BCUT2D eigenvalue weighted by Gasteiger charge is -2.17. The average Bonchev–Trinajstić information content (AvgIpc) is 3.24. The number of sulfonamides is 1. The predicted molar refractivity (Wildman–Crippen MR) is 101 cm³/mol. The van der Waals surface area contributed by atoms with Gasteiger partial charge in [-0.1, -0.05) is 6.07 Å². The number of rotatable bonds is 3. The van der Waals surface area contributed by atoms with E-state index in [1.54, 1.807) is 29.8 Å². The average molecular weight is 400 g/mol. The number of nitrogens with zero attached hydrogens (tertiary/aromatic N) is 3. The Labute approximate surface area is 161 Å². The van der Waals surface area contributed by atoms with E-state index in [0.29, 0.717) is 35.6 Å². The van der Waals surface area contributed by atoms with Crippen molar-refractivity contribution in [1.29, 1.82) is 0 Å². The molecule has 4 rings (SSSR count). The van der Waals surface area contributed by atoms with Gasteiger partial charge < -0.3 is 4.90 Å². The lowest BCUT2D eigenvalue weighted by atomic mass is 10.1. The Hall–Kier alpha value is -3.04. The highest BCUT2D eigenvalue weighted by atomic mass is 32.2. The van der Waals surface area contributed by atoms with E-state index in [2.05, 4.69) is 5.10 Å². The number of nitrogens with two attached hydrogens (primary N) is 1. The number of carbonyl (C=O) groups is 1. The number of carbonyl (C=O) groups excluding carboxylic acids is 1. The van der Waals surface area contributed by atoms with Crippen LogP contribution >= 0.6 is 0 Å². The first-order valence-electron chi connectivity index (χ1n) is 8.54. The van der Waals surface area contributed by atoms with Crippen LogP contribution < -0.4 is 10.0 Å². The topological polar surface area (TPSA) is 98.3 Å². The third kappa shape index (κ3) is 3.08. The molecule has 0 spiro atoms. The van der Waals surface area contributed by atoms with Crippen molar-refractivity contribution in [3.05, 3.63) is 71.3 Å². The van der Waals surface area contributed by atoms with Crippen LogP contribution in [0.5, 0.6) is 0 Å². The van der Waals surface area contributed by atoms with Gasteiger partial charge in [0, 0.05) is 12.2 Å². The standard InChI is InChI=1S/C19H17FN4O3S/c1-12-17(11-22-24(12)15-5-3-14(20)4-6-15)19(25)23-9-8-13-2-7-16(10-18(13)23)28(21,26)27/h2-7,10-11H,8-9H2,1H3,(H2,21,26,27). The van der Waals surface area contributed by atoms with Crippen LogP contribution in [0.3, 0.4) is 0 Å². The molecule has 0 atom stereocenters. The highest BCUT2D eigenvalue weighted by Crippen LogP contribution is 2.32. The van der Waals surface area contributed by atoms with Crippen LogP contribution in [-0.4, -0.2) is 30.7 Å². The predicted octanol–water partition coefficient (Wildman–Crippen LogP) is 2.17. The molecule has 144 valence electrons. The van der Waals surface area contributed by atoms with Gasteiger partial charge in [-0.15, -0.1) is 0 Å². The Morgan fingerprint density at radius 2 is 1.89 bits per heavy atom. The third-order valence-electron chi connectivity index (χ3n) is 4.84. The Morgan fingerprint density at radius 1 is 1.18 bits per heavy atom. The highest BCUT2D eigenvalue weighted by molar-refractivity contribution is 7.89. The molecule has 0 bridgehead atoms. The number of halogens is 1. The zero-order valence-corrected chi connectivity index (χ0v) is 15.8. The molecule has 2 heterocycles. The molecule has 0 aliphatic carbocycles. The van der Waals surface area contributed by atoms with Crippen LogP contribution in [0.1, 0.15) is 21.6 Å². The first-order valence-corrected chi connectivity index (χ1v) is 10.1. The second-order valence-electron chi connectivity index (χ2n) is 6.57. The zero-order chi connectivity index (χ0) is 20.1. The van der Waals surface area contributed by atoms with E-state index in [4.69, 9.17) is 5.14 Å². The number of aromatic nitrogens is 2. The molecule has 1 aromatic heterocycles. The lowest BCUT2D eigenvalue weighted by Crippen LogP contribution is -2.29. The fourth-order valence-corrected chi connectivity index (χ4v) is 3.89. The van der Waals surface area contributed by atoms with Gasteiger partial charge in [0.2, 0.25) is 10.0 Å². The van der Waals surface area contributed by atoms with Gasteiger partial charge in [0.15, 0.2) is 0 Å². The van der Waals surface area contributed by atoms with E-state index in [1.807, 2.05) is 0 Å². The second kappa shape index (κ2) is 6.54. The van der Waals surface area contributed by atoms with Gasteiger partial charge in [-0.2, -0.15) is 5.10 Å². The Balaban J connectivity index is 1.70. The van der Waals surface area contributed by atoms with Crippen LogP contribution in [0.25, 0.3) is 5.69 Å². The molecule has 2 aromatic carbocycles. The van der Waals surface area contributed by atoms with Crippen molar-refractivity contribution in [2.75, 3.05) is 11.4 Å². The molecule has 1 aliphatic heterocycles. The van der Waals surface area contributed by atoms with E-state index in [1.165, 1.54) is 35.4 Å². The summed E-state index contributed by atoms with van der Waals surface area (Å²) in [5.74, 6) is -0.639. The molecule has 0 radical (unpaired) electrons. The summed E-state index contributed by atoms with van der Waals surface area (Å²) >= 11 is 0. The number of benzene rings is 2. The molecule has 1 aliphatic rings. The summed E-state index contributed by atoms with van der Waals surface area (Å²) in [5.41, 5.74) is 3.04. The first-order chi connectivity index (χ1) is 13.3. The Bertz CT molecular complexity index is 1190. The molecule has 9 heteroatoms. The fourth-order valence-electron chi connectivity index (χ4n) is 3.35. The number of hydrogen-bond acceptors (Lipinski definition) is 4. The third-order valence-corrected chi connectivity index (χ3v) is 5.75. The minimum atomic E-state index is -3.87. The van der Waals surface area contributed by atoms with Crippen molar-refractivity contribution in [3.8, 4) is 5.69 Å². The van der Waals surface area contributed by atoms with Gasteiger partial charge in [0.1, 0.15) is 5.82 Å². The van der Waals surface area contributed by atoms with E-state index < -0.39 is 10.0 Å². The number of amides is 1. The number of hydrogen-bond donors (Lipinski definition) is 1. The normalized spacial score (nSPS) is 13.6. The van der Waals surface area contributed by atoms with Gasteiger partial charge >= 0.3 is 0 Å². The smallest absolute Gasteiger partial charge is 0.261 e. The molecule has 7 nitrogen and oxygen atoms in total. The van der Waals surface area contributed by atoms with Crippen molar-refractivity contribution >= 4 is 21.6 Å². The summed E-state index contributed by atoms with van der Waals surface area (Å²) < 4.78 is 38.0. The minimum Gasteiger partial charge on any atom is -0.308 e. The van der Waals surface area contributed by atoms with Gasteiger partial charge in [0.25, 0.3) is 5.91 Å². The molecule has 1 amide bonds. The van der Waals surface area contributed by atoms with Crippen LogP contribution in [0.4, 0.5) is 10.1 Å². The molecular formula is C19H17FN4O3S. The number of fused-ring (bicyclic) bond motifs is 1. The molecule has 0 saturated carbocycles. The second-order valence-corrected chi connectivity index (χ2v) is 8.14. The quantitative estimate of drug-likeness (QED) is 0.728. The van der Waals surface area contributed by atoms with Gasteiger partial charge in [-0.25, -0.2) is 22.6 Å². The van der Waals surface area contributed by atoms with Crippen LogP contribution in [0, 0.1) is 12.7 Å². The van der Waals surface area contributed by atoms with Crippen LogP contribution in [-0.2, 0) is 16.4 Å². The first kappa shape index (κ1) is 18.3. The Morgan fingerprint density at radius 3 is 2.57 bits per heavy atom. The van der Waals surface area contributed by atoms with E-state index in [9.17, 15) is 17.6 Å². The Kier molecular flexibility index (Phi) is 4.28. The lowest BCUT2D eigenvalue weighted by molar-refractivity contribution is 0.0988. The molecule has 2 N–H and O–H groups in total. The summed E-state index contributed by atoms with van der Waals surface area (Å²) in [6.45, 7) is 2.19. The largest absolute Gasteiger partial charge is 0.308 e. The zero-order valence-electron chi connectivity index (χ0n) is 15.0. The van der Waals surface area contributed by atoms with Crippen molar-refractivity contribution < 1.29 is 17.6 Å². The molecule has 0 saturated heterocycles. The summed E-state index contributed by atoms with van der Waals surface area (Å²) in [7, 11) is -3.87. The maximum absolute atomic E-state index is 13.2. The van der Waals surface area contributed by atoms with Crippen molar-refractivity contribution in [2.24, 2.45) is 5.14 Å². The molecular weight excluding hydrogens is 383 g/mol. The highest BCUT2D eigenvalue weighted by Gasteiger charge is 2.29. The molecule has 0 unspecified atom stereocenters. The summed E-state index contributed by atoms with van der Waals surface area (Å²) in [4.78, 5) is 14.6. The fraction of sp³-hybridized carbons (Fsp3) is 0.158. The van der Waals surface area contributed by atoms with Crippen molar-refractivity contribution in [3.63, 3.8) is 0 Å². The summed E-state index contributed by atoms with van der Waals surface area (Å²) in [6, 6.07) is 10.3. The van der Waals surface area contributed by atoms with Gasteiger partial charge in [-0.05, 0) is 55.3 Å². The van der Waals surface area contributed by atoms with Crippen LogP contribution in [0.2, 0.25) is 0 Å². The molecule has 0 fully saturated rings. The maximum atomic E-state index is 13.2. The number of primary sulfonamides is 1. The minimum absolute atomic E-state index is 0.0373. The molecule has 3 aromatic rings. The van der Waals surface area contributed by atoms with Crippen LogP contribution in [0.15, 0.2) is 53.6 Å². The number of anilines is 1. The molecule has 28 heavy (non-hydrogen) atoms. The SMILES string of the molecule is Cc1c(C(=O)N2CCc3ccc(S(N)(=O)=O)cc32)cnn1-c1ccc(F)cc1. The summed E-state index contributed by atoms with van der Waals surface area (Å²) in [6.07, 6.45) is 2.08. The van der Waals surface area contributed by atoms with E-state index >= 15 is 0 Å². The van der Waals surface area contributed by atoms with Crippen molar-refractivity contribution in [2.45, 2.75) is 18.2 Å². The van der Waals surface area contributed by atoms with Gasteiger partial charge in [-0.3, -0.25) is 4.79 Å². The monoisotopic (exact) mass is 400 g/mol. The summed E-state index contributed by atoms with van der Waals surface area (Å²) in [5, 5.41) is 9.47. The van der Waals surface area contributed by atoms with Crippen molar-refractivity contribution in [1.82, 2.24) is 9.78 Å². The maximum Gasteiger partial charge on any atom is 0.261 e. The van der Waals surface area contributed by atoms with Gasteiger partial charge in [0.05, 0.1) is 28.0 Å².